The molecule has 0 rings (SSSR count). The van der Waals surface area contributed by atoms with Gasteiger partial charge in [0.15, 0.2) is 0 Å². The van der Waals surface area contributed by atoms with Gasteiger partial charge in [-0.25, -0.2) is 0 Å². The number of nitrogens with zero attached hydrogens (tertiary/aromatic N) is 1. The molecule has 0 radical (unpaired) electrons. The van der Waals surface area contributed by atoms with Crippen LogP contribution in [0.5, 0.6) is 0 Å². The lowest BCUT2D eigenvalue weighted by molar-refractivity contribution is -0.121. The predicted octanol–water partition coefficient (Wildman–Crippen LogP) is 3.95. The van der Waals surface area contributed by atoms with Gasteiger partial charge >= 0.3 is 0 Å². The minimum absolute atomic E-state index is 0.000338. The first-order valence-corrected chi connectivity index (χ1v) is 12.1. The summed E-state index contributed by atoms with van der Waals surface area (Å²) < 4.78 is 0. The Morgan fingerprint density at radius 2 is 1.26 bits per heavy atom. The molecular formula is C25H47N3O3. The maximum absolute atomic E-state index is 12.1. The predicted molar refractivity (Wildman–Crippen MR) is 130 cm³/mol. The van der Waals surface area contributed by atoms with E-state index in [0.29, 0.717) is 32.4 Å². The Morgan fingerprint density at radius 1 is 0.806 bits per heavy atom. The van der Waals surface area contributed by atoms with Gasteiger partial charge in [0.1, 0.15) is 0 Å². The fraction of sp³-hybridized carbons (Fsp3) is 0.760. The van der Waals surface area contributed by atoms with Gasteiger partial charge in [-0.15, -0.1) is 0 Å². The molecule has 180 valence electrons. The van der Waals surface area contributed by atoms with Crippen molar-refractivity contribution in [2.75, 3.05) is 26.2 Å². The van der Waals surface area contributed by atoms with Crippen LogP contribution >= 0.6 is 0 Å². The molecule has 0 aliphatic rings. The molecule has 3 N–H and O–H groups in total. The molecule has 0 aliphatic heterocycles. The molecule has 0 bridgehead atoms. The summed E-state index contributed by atoms with van der Waals surface area (Å²) in [5, 5.41) is 15.3. The van der Waals surface area contributed by atoms with E-state index in [1.807, 2.05) is 26.0 Å². The molecule has 0 heterocycles. The molecule has 31 heavy (non-hydrogen) atoms. The third-order valence-electron chi connectivity index (χ3n) is 4.90. The van der Waals surface area contributed by atoms with Crippen LogP contribution in [0.1, 0.15) is 85.5 Å². The van der Waals surface area contributed by atoms with Crippen LogP contribution in [-0.2, 0) is 9.59 Å². The van der Waals surface area contributed by atoms with Gasteiger partial charge in [0, 0.05) is 51.2 Å². The van der Waals surface area contributed by atoms with E-state index in [0.717, 1.165) is 45.1 Å². The molecule has 0 fully saturated rings. The SMILES string of the molecule is CCCC/C=C/CC(=O)NC(C)CN(CCCO)CC(C)NC(=O)C/C=C/CCCC. The molecule has 6 nitrogen and oxygen atoms in total. The lowest BCUT2D eigenvalue weighted by Crippen LogP contribution is -2.47. The fourth-order valence-electron chi connectivity index (χ4n) is 3.35. The number of hydrogen-bond donors (Lipinski definition) is 3. The van der Waals surface area contributed by atoms with Crippen LogP contribution in [-0.4, -0.2) is 60.1 Å². The van der Waals surface area contributed by atoms with Crippen LogP contribution in [0.25, 0.3) is 0 Å². The second kappa shape index (κ2) is 20.3. The maximum Gasteiger partial charge on any atom is 0.224 e. The highest BCUT2D eigenvalue weighted by Gasteiger charge is 2.16. The van der Waals surface area contributed by atoms with E-state index in [9.17, 15) is 14.7 Å². The van der Waals surface area contributed by atoms with Crippen molar-refractivity contribution in [1.29, 1.82) is 0 Å². The Morgan fingerprint density at radius 3 is 1.65 bits per heavy atom. The average molecular weight is 438 g/mol. The largest absolute Gasteiger partial charge is 0.396 e. The molecule has 0 aromatic rings. The highest BCUT2D eigenvalue weighted by atomic mass is 16.3. The summed E-state index contributed by atoms with van der Waals surface area (Å²) in [4.78, 5) is 26.5. The lowest BCUT2D eigenvalue weighted by atomic mass is 10.2. The molecule has 0 aromatic carbocycles. The van der Waals surface area contributed by atoms with Crippen molar-refractivity contribution in [1.82, 2.24) is 15.5 Å². The van der Waals surface area contributed by atoms with Crippen LogP contribution in [0.3, 0.4) is 0 Å². The number of rotatable bonds is 19. The van der Waals surface area contributed by atoms with Crippen molar-refractivity contribution in [2.45, 2.75) is 97.6 Å². The van der Waals surface area contributed by atoms with Crippen LogP contribution in [0, 0.1) is 0 Å². The Kier molecular flexibility index (Phi) is 19.2. The number of hydrogen-bond acceptors (Lipinski definition) is 4. The maximum atomic E-state index is 12.1. The van der Waals surface area contributed by atoms with Gasteiger partial charge in [0.05, 0.1) is 0 Å². The van der Waals surface area contributed by atoms with Gasteiger partial charge in [0.25, 0.3) is 0 Å². The molecule has 2 unspecified atom stereocenters. The van der Waals surface area contributed by atoms with E-state index in [1.54, 1.807) is 0 Å². The fourth-order valence-corrected chi connectivity index (χ4v) is 3.35. The number of unbranched alkanes of at least 4 members (excludes halogenated alkanes) is 4. The molecule has 2 atom stereocenters. The number of carbonyl (C=O) groups is 2. The Bertz CT molecular complexity index is 478. The summed E-state index contributed by atoms with van der Waals surface area (Å²) in [6.07, 6.45) is 16.2. The monoisotopic (exact) mass is 437 g/mol. The summed E-state index contributed by atoms with van der Waals surface area (Å²) in [5.74, 6) is 0.0529. The summed E-state index contributed by atoms with van der Waals surface area (Å²) in [6, 6.07) is -0.000676. The number of carbonyl (C=O) groups excluding carboxylic acids is 2. The number of aliphatic hydroxyl groups is 1. The van der Waals surface area contributed by atoms with E-state index >= 15 is 0 Å². The van der Waals surface area contributed by atoms with Gasteiger partial charge in [-0.2, -0.15) is 0 Å². The van der Waals surface area contributed by atoms with E-state index in [4.69, 9.17) is 0 Å². The lowest BCUT2D eigenvalue weighted by Gasteiger charge is -2.29. The van der Waals surface area contributed by atoms with Gasteiger partial charge in [-0.1, -0.05) is 63.8 Å². The summed E-state index contributed by atoms with van der Waals surface area (Å²) in [7, 11) is 0. The van der Waals surface area contributed by atoms with Crippen LogP contribution in [0.15, 0.2) is 24.3 Å². The molecule has 0 aromatic heterocycles. The third-order valence-corrected chi connectivity index (χ3v) is 4.90. The quantitative estimate of drug-likeness (QED) is 0.211. The second-order valence-corrected chi connectivity index (χ2v) is 8.41. The van der Waals surface area contributed by atoms with Crippen molar-refractivity contribution in [2.24, 2.45) is 0 Å². The Labute approximate surface area is 190 Å². The molecule has 0 saturated carbocycles. The summed E-state index contributed by atoms with van der Waals surface area (Å²) in [6.45, 7) is 10.5. The van der Waals surface area contributed by atoms with Gasteiger partial charge in [-0.05, 0) is 33.1 Å². The third kappa shape index (κ3) is 18.8. The van der Waals surface area contributed by atoms with Crippen LogP contribution in [0.4, 0.5) is 0 Å². The molecule has 0 saturated heterocycles. The first kappa shape index (κ1) is 29.3. The van der Waals surface area contributed by atoms with E-state index in [1.165, 1.54) is 0 Å². The standard InChI is InChI=1S/C25H47N3O3/c1-5-7-9-11-13-16-24(30)26-22(3)20-28(18-15-19-29)21-23(4)27-25(31)17-14-12-10-8-6-2/h11-14,22-23,29H,5-10,15-21H2,1-4H3,(H,26,30)(H,27,31)/b13-11+,14-12+. The number of aliphatic hydroxyl groups excluding tert-OH is 1. The highest BCUT2D eigenvalue weighted by molar-refractivity contribution is 5.78. The minimum atomic E-state index is -0.000338. The molecule has 0 aliphatic carbocycles. The van der Waals surface area contributed by atoms with Gasteiger partial charge < -0.3 is 15.7 Å². The van der Waals surface area contributed by atoms with Crippen LogP contribution < -0.4 is 10.6 Å². The normalized spacial score (nSPS) is 13.7. The van der Waals surface area contributed by atoms with Gasteiger partial charge in [0.2, 0.25) is 11.8 Å². The average Bonchev–Trinajstić information content (AvgIpc) is 2.71. The smallest absolute Gasteiger partial charge is 0.224 e. The Balaban J connectivity index is 4.40. The highest BCUT2D eigenvalue weighted by Crippen LogP contribution is 2.01. The van der Waals surface area contributed by atoms with Crippen molar-refractivity contribution in [3.63, 3.8) is 0 Å². The van der Waals surface area contributed by atoms with Crippen molar-refractivity contribution in [3.8, 4) is 0 Å². The summed E-state index contributed by atoms with van der Waals surface area (Å²) in [5.41, 5.74) is 0. The van der Waals surface area contributed by atoms with E-state index in [-0.39, 0.29) is 30.5 Å². The molecule has 2 amide bonds. The number of allylic oxidation sites excluding steroid dienone is 2. The molecule has 6 heteroatoms. The zero-order chi connectivity index (χ0) is 23.3. The molecule has 0 spiro atoms. The Hall–Kier alpha value is -1.66. The van der Waals surface area contributed by atoms with Crippen molar-refractivity contribution in [3.05, 3.63) is 24.3 Å². The zero-order valence-electron chi connectivity index (χ0n) is 20.4. The zero-order valence-corrected chi connectivity index (χ0v) is 20.4. The summed E-state index contributed by atoms with van der Waals surface area (Å²) >= 11 is 0. The van der Waals surface area contributed by atoms with Crippen molar-refractivity contribution < 1.29 is 14.7 Å². The topological polar surface area (TPSA) is 81.7 Å². The van der Waals surface area contributed by atoms with Gasteiger partial charge in [-0.3, -0.25) is 14.5 Å². The van der Waals surface area contributed by atoms with E-state index < -0.39 is 0 Å². The first-order valence-electron chi connectivity index (χ1n) is 12.1. The minimum Gasteiger partial charge on any atom is -0.396 e. The van der Waals surface area contributed by atoms with Crippen LogP contribution in [0.2, 0.25) is 0 Å². The van der Waals surface area contributed by atoms with Crippen molar-refractivity contribution >= 4 is 11.8 Å². The first-order chi connectivity index (χ1) is 14.9. The second-order valence-electron chi connectivity index (χ2n) is 8.41. The number of nitrogens with one attached hydrogen (secondary N) is 2. The molecular weight excluding hydrogens is 390 g/mol. The number of amides is 2. The van der Waals surface area contributed by atoms with E-state index in [2.05, 4.69) is 41.5 Å².